The van der Waals surface area contributed by atoms with Gasteiger partial charge in [0.1, 0.15) is 5.69 Å². The van der Waals surface area contributed by atoms with Crippen LogP contribution in [0.2, 0.25) is 0 Å². The van der Waals surface area contributed by atoms with E-state index in [4.69, 9.17) is 0 Å². The van der Waals surface area contributed by atoms with E-state index in [-0.39, 0.29) is 11.9 Å². The Balaban J connectivity index is 1.61. The molecule has 1 aliphatic rings. The minimum absolute atomic E-state index is 0.0784. The first-order valence-electron chi connectivity index (χ1n) is 9.10. The van der Waals surface area contributed by atoms with Crippen LogP contribution in [0.15, 0.2) is 48.7 Å². The van der Waals surface area contributed by atoms with Gasteiger partial charge < -0.3 is 14.8 Å². The van der Waals surface area contributed by atoms with Crippen molar-refractivity contribution in [2.45, 2.75) is 25.4 Å². The number of pyridine rings is 1. The molecule has 0 spiro atoms. The molecule has 1 atom stereocenters. The number of fused-ring (bicyclic) bond motifs is 1. The first kappa shape index (κ1) is 16.8. The van der Waals surface area contributed by atoms with Crippen molar-refractivity contribution >= 4 is 16.8 Å². The molecule has 2 aromatic heterocycles. The number of para-hydroxylation sites is 1. The molecule has 1 fully saturated rings. The maximum absolute atomic E-state index is 13.1. The summed E-state index contributed by atoms with van der Waals surface area (Å²) in [6.07, 6.45) is 3.89. The Morgan fingerprint density at radius 1 is 1.27 bits per heavy atom. The van der Waals surface area contributed by atoms with Gasteiger partial charge in [-0.2, -0.15) is 0 Å². The highest BCUT2D eigenvalue weighted by molar-refractivity contribution is 5.98. The SMILES string of the molecule is CN(C)Cc1cc([C@@H]2CCCN2C(=O)c2cc3ccccc3[nH]2)ccn1. The number of benzene rings is 1. The summed E-state index contributed by atoms with van der Waals surface area (Å²) in [6.45, 7) is 1.60. The zero-order valence-corrected chi connectivity index (χ0v) is 15.3. The fourth-order valence-corrected chi connectivity index (χ4v) is 3.81. The molecule has 0 unspecified atom stereocenters. The van der Waals surface area contributed by atoms with Crippen molar-refractivity contribution < 1.29 is 4.79 Å². The average molecular weight is 348 g/mol. The molecule has 0 aliphatic carbocycles. The lowest BCUT2D eigenvalue weighted by atomic mass is 10.0. The van der Waals surface area contributed by atoms with Gasteiger partial charge >= 0.3 is 0 Å². The third kappa shape index (κ3) is 3.22. The molecule has 4 rings (SSSR count). The van der Waals surface area contributed by atoms with Gasteiger partial charge in [0.2, 0.25) is 0 Å². The van der Waals surface area contributed by atoms with E-state index in [0.29, 0.717) is 5.69 Å². The van der Waals surface area contributed by atoms with Crippen LogP contribution in [0.5, 0.6) is 0 Å². The molecule has 5 heteroatoms. The smallest absolute Gasteiger partial charge is 0.270 e. The van der Waals surface area contributed by atoms with Gasteiger partial charge in [0.15, 0.2) is 0 Å². The Labute approximate surface area is 153 Å². The Morgan fingerprint density at radius 2 is 2.12 bits per heavy atom. The fourth-order valence-electron chi connectivity index (χ4n) is 3.81. The minimum Gasteiger partial charge on any atom is -0.351 e. The van der Waals surface area contributed by atoms with Gasteiger partial charge in [0, 0.05) is 30.2 Å². The Kier molecular flexibility index (Phi) is 4.47. The normalized spacial score (nSPS) is 17.3. The quantitative estimate of drug-likeness (QED) is 0.784. The van der Waals surface area contributed by atoms with Crippen LogP contribution in [0, 0.1) is 0 Å². The third-order valence-corrected chi connectivity index (χ3v) is 4.98. The number of amides is 1. The summed E-state index contributed by atoms with van der Waals surface area (Å²) >= 11 is 0. The summed E-state index contributed by atoms with van der Waals surface area (Å²) in [6, 6.07) is 14.3. The highest BCUT2D eigenvalue weighted by atomic mass is 16.2. The third-order valence-electron chi connectivity index (χ3n) is 4.98. The summed E-state index contributed by atoms with van der Waals surface area (Å²) in [5, 5.41) is 1.07. The lowest BCUT2D eigenvalue weighted by Crippen LogP contribution is -2.31. The van der Waals surface area contributed by atoms with Crippen molar-refractivity contribution in [1.82, 2.24) is 19.8 Å². The van der Waals surface area contributed by atoms with Crippen LogP contribution in [0.1, 0.15) is 40.6 Å². The van der Waals surface area contributed by atoms with Crippen molar-refractivity contribution in [2.24, 2.45) is 0 Å². The lowest BCUT2D eigenvalue weighted by Gasteiger charge is -2.25. The molecule has 5 nitrogen and oxygen atoms in total. The summed E-state index contributed by atoms with van der Waals surface area (Å²) < 4.78 is 0. The van der Waals surface area contributed by atoms with E-state index >= 15 is 0 Å². The second-order valence-corrected chi connectivity index (χ2v) is 7.25. The minimum atomic E-state index is 0.0784. The van der Waals surface area contributed by atoms with Gasteiger partial charge in [0.05, 0.1) is 11.7 Å². The van der Waals surface area contributed by atoms with Crippen LogP contribution in [0.4, 0.5) is 0 Å². The molecule has 0 radical (unpaired) electrons. The number of carbonyl (C=O) groups excluding carboxylic acids is 1. The molecule has 0 bridgehead atoms. The highest BCUT2D eigenvalue weighted by Gasteiger charge is 2.31. The molecule has 1 aliphatic heterocycles. The van der Waals surface area contributed by atoms with E-state index in [1.165, 1.54) is 5.56 Å². The van der Waals surface area contributed by atoms with Crippen LogP contribution in [0.3, 0.4) is 0 Å². The number of aromatic amines is 1. The Bertz CT molecular complexity index is 897. The number of H-pyrrole nitrogens is 1. The molecule has 1 amide bonds. The molecule has 3 heterocycles. The molecule has 134 valence electrons. The van der Waals surface area contributed by atoms with Gasteiger partial charge in [-0.05, 0) is 56.8 Å². The van der Waals surface area contributed by atoms with Gasteiger partial charge in [-0.25, -0.2) is 0 Å². The van der Waals surface area contributed by atoms with E-state index < -0.39 is 0 Å². The summed E-state index contributed by atoms with van der Waals surface area (Å²) in [7, 11) is 4.07. The van der Waals surface area contributed by atoms with Crippen LogP contribution < -0.4 is 0 Å². The Hall–Kier alpha value is -2.66. The summed E-state index contributed by atoms with van der Waals surface area (Å²) in [5.74, 6) is 0.0784. The molecule has 26 heavy (non-hydrogen) atoms. The molecule has 0 saturated carbocycles. The first-order valence-corrected chi connectivity index (χ1v) is 9.10. The monoisotopic (exact) mass is 348 g/mol. The van der Waals surface area contributed by atoms with Crippen LogP contribution in [-0.4, -0.2) is 46.3 Å². The molecule has 3 aromatic rings. The molecular weight excluding hydrogens is 324 g/mol. The summed E-state index contributed by atoms with van der Waals surface area (Å²) in [5.41, 5.74) is 3.89. The van der Waals surface area contributed by atoms with Gasteiger partial charge in [-0.3, -0.25) is 9.78 Å². The number of carbonyl (C=O) groups is 1. The van der Waals surface area contributed by atoms with Crippen molar-refractivity contribution in [3.63, 3.8) is 0 Å². The van der Waals surface area contributed by atoms with E-state index in [2.05, 4.69) is 20.9 Å². The number of nitrogens with one attached hydrogen (secondary N) is 1. The van der Waals surface area contributed by atoms with E-state index in [1.807, 2.05) is 61.6 Å². The van der Waals surface area contributed by atoms with Crippen LogP contribution >= 0.6 is 0 Å². The molecule has 1 aromatic carbocycles. The van der Waals surface area contributed by atoms with E-state index in [0.717, 1.165) is 42.5 Å². The van der Waals surface area contributed by atoms with Gasteiger partial charge in [-0.1, -0.05) is 18.2 Å². The number of hydrogen-bond donors (Lipinski definition) is 1. The average Bonchev–Trinajstić information content (AvgIpc) is 3.27. The van der Waals surface area contributed by atoms with Crippen LogP contribution in [-0.2, 0) is 6.54 Å². The number of aromatic nitrogens is 2. The first-order chi connectivity index (χ1) is 12.6. The zero-order valence-electron chi connectivity index (χ0n) is 15.3. The molecule has 1 saturated heterocycles. The van der Waals surface area contributed by atoms with Crippen molar-refractivity contribution in [3.05, 3.63) is 65.6 Å². The van der Waals surface area contributed by atoms with Crippen molar-refractivity contribution in [3.8, 4) is 0 Å². The van der Waals surface area contributed by atoms with Crippen molar-refractivity contribution in [1.29, 1.82) is 0 Å². The maximum atomic E-state index is 13.1. The number of nitrogens with zero attached hydrogens (tertiary/aromatic N) is 3. The predicted molar refractivity (Wildman–Crippen MR) is 103 cm³/mol. The van der Waals surface area contributed by atoms with E-state index in [1.54, 1.807) is 0 Å². The summed E-state index contributed by atoms with van der Waals surface area (Å²) in [4.78, 5) is 25.0. The second kappa shape index (κ2) is 6.92. The highest BCUT2D eigenvalue weighted by Crippen LogP contribution is 2.33. The standard InChI is InChI=1S/C21H24N4O/c1-24(2)14-17-12-16(9-10-22-17)20-8-5-11-25(20)21(26)19-13-15-6-3-4-7-18(15)23-19/h3-4,6-7,9-10,12-13,20,23H,5,8,11,14H2,1-2H3/t20-/m0/s1. The molecular formula is C21H24N4O. The Morgan fingerprint density at radius 3 is 2.92 bits per heavy atom. The zero-order chi connectivity index (χ0) is 18.1. The predicted octanol–water partition coefficient (Wildman–Crippen LogP) is 3.60. The number of likely N-dealkylation sites (tertiary alicyclic amines) is 1. The van der Waals surface area contributed by atoms with Gasteiger partial charge in [-0.15, -0.1) is 0 Å². The maximum Gasteiger partial charge on any atom is 0.270 e. The second-order valence-electron chi connectivity index (χ2n) is 7.25. The number of rotatable bonds is 4. The van der Waals surface area contributed by atoms with E-state index in [9.17, 15) is 4.79 Å². The largest absolute Gasteiger partial charge is 0.351 e. The molecule has 1 N–H and O–H groups in total. The van der Waals surface area contributed by atoms with Crippen molar-refractivity contribution in [2.75, 3.05) is 20.6 Å². The fraction of sp³-hybridized carbons (Fsp3) is 0.333. The van der Waals surface area contributed by atoms with Crippen LogP contribution in [0.25, 0.3) is 10.9 Å². The lowest BCUT2D eigenvalue weighted by molar-refractivity contribution is 0.0730. The topological polar surface area (TPSA) is 52.2 Å². The van der Waals surface area contributed by atoms with Gasteiger partial charge in [0.25, 0.3) is 5.91 Å². The number of hydrogen-bond acceptors (Lipinski definition) is 3.